The van der Waals surface area contributed by atoms with Crippen molar-refractivity contribution in [3.63, 3.8) is 0 Å². The van der Waals surface area contributed by atoms with Crippen molar-refractivity contribution in [2.75, 3.05) is 0 Å². The van der Waals surface area contributed by atoms with Gasteiger partial charge in [0.05, 0.1) is 0 Å². The Balaban J connectivity index is 1.40. The minimum absolute atomic E-state index is 0.0355. The van der Waals surface area contributed by atoms with Crippen LogP contribution in [0.15, 0.2) is 72.8 Å². The molecule has 0 spiro atoms. The van der Waals surface area contributed by atoms with Gasteiger partial charge < -0.3 is 10.6 Å². The lowest BCUT2D eigenvalue weighted by Crippen LogP contribution is -2.44. The van der Waals surface area contributed by atoms with E-state index < -0.39 is 0 Å². The molecule has 2 unspecified atom stereocenters. The topological polar surface area (TPSA) is 41.1 Å². The van der Waals surface area contributed by atoms with Gasteiger partial charge in [-0.15, -0.1) is 0 Å². The molecule has 0 radical (unpaired) electrons. The maximum absolute atomic E-state index is 12.5. The number of fused-ring (bicyclic) bond motifs is 1. The van der Waals surface area contributed by atoms with Crippen LogP contribution in [0.2, 0.25) is 0 Å². The average molecular weight is 373 g/mol. The molecule has 144 valence electrons. The summed E-state index contributed by atoms with van der Waals surface area (Å²) in [6.45, 7) is 2.24. The molecule has 4 rings (SSSR count). The second-order valence-corrected chi connectivity index (χ2v) is 7.86. The Morgan fingerprint density at radius 2 is 1.61 bits per heavy atom. The van der Waals surface area contributed by atoms with Gasteiger partial charge in [0.15, 0.2) is 0 Å². The van der Waals surface area contributed by atoms with Crippen LogP contribution in [0, 0.1) is 0 Å². The molecule has 1 amide bonds. The summed E-state index contributed by atoms with van der Waals surface area (Å²) in [6.07, 6.45) is 4.33. The first kappa shape index (κ1) is 18.7. The van der Waals surface area contributed by atoms with Gasteiger partial charge in [-0.25, -0.2) is 0 Å². The van der Waals surface area contributed by atoms with E-state index in [0.29, 0.717) is 6.04 Å². The first-order valence-corrected chi connectivity index (χ1v) is 10.3. The minimum atomic E-state index is 0.0355. The van der Waals surface area contributed by atoms with Gasteiger partial charge in [-0.1, -0.05) is 60.7 Å². The molecular weight excluding hydrogens is 344 g/mol. The van der Waals surface area contributed by atoms with Crippen LogP contribution in [0.4, 0.5) is 0 Å². The van der Waals surface area contributed by atoms with E-state index in [2.05, 4.69) is 60.0 Å². The minimum Gasteiger partial charge on any atom is -0.349 e. The summed E-state index contributed by atoms with van der Waals surface area (Å²) in [4.78, 5) is 12.5. The number of carbonyl (C=O) groups excluding carboxylic acids is 1. The fourth-order valence-electron chi connectivity index (χ4n) is 4.40. The van der Waals surface area contributed by atoms with E-state index in [1.54, 1.807) is 0 Å². The molecule has 2 N–H and O–H groups in total. The predicted octanol–water partition coefficient (Wildman–Crippen LogP) is 5.23. The number of nitrogens with one attached hydrogen (secondary N) is 2. The van der Waals surface area contributed by atoms with Gasteiger partial charge in [-0.2, -0.15) is 0 Å². The third-order valence-electron chi connectivity index (χ3n) is 5.82. The predicted molar refractivity (Wildman–Crippen MR) is 115 cm³/mol. The summed E-state index contributed by atoms with van der Waals surface area (Å²) in [7, 11) is 0. The molecule has 0 aromatic heterocycles. The molecule has 3 nitrogen and oxygen atoms in total. The third kappa shape index (κ3) is 4.26. The molecule has 0 saturated heterocycles. The van der Waals surface area contributed by atoms with Crippen LogP contribution in [0.1, 0.15) is 54.6 Å². The van der Waals surface area contributed by atoms with Crippen molar-refractivity contribution < 1.29 is 4.79 Å². The van der Waals surface area contributed by atoms with Gasteiger partial charge in [0, 0.05) is 23.7 Å². The van der Waals surface area contributed by atoms with Crippen molar-refractivity contribution in [1.82, 2.24) is 10.6 Å². The quantitative estimate of drug-likeness (QED) is 0.644. The van der Waals surface area contributed by atoms with E-state index in [9.17, 15) is 4.79 Å². The highest BCUT2D eigenvalue weighted by atomic mass is 16.1. The molecule has 28 heavy (non-hydrogen) atoms. The van der Waals surface area contributed by atoms with Crippen molar-refractivity contribution in [2.45, 2.75) is 50.7 Å². The van der Waals surface area contributed by atoms with Crippen molar-refractivity contribution in [2.24, 2.45) is 0 Å². The zero-order chi connectivity index (χ0) is 19.3. The summed E-state index contributed by atoms with van der Waals surface area (Å²) >= 11 is 0. The van der Waals surface area contributed by atoms with Gasteiger partial charge >= 0.3 is 0 Å². The lowest BCUT2D eigenvalue weighted by molar-refractivity contribution is 0.0922. The molecule has 3 aromatic rings. The van der Waals surface area contributed by atoms with E-state index in [1.807, 2.05) is 30.3 Å². The third-order valence-corrected chi connectivity index (χ3v) is 5.82. The SMILES string of the molecule is C[C@@H](NC1CCCC(NC(=O)c2ccccc2)C1)c1cccc2ccccc12. The lowest BCUT2D eigenvalue weighted by atomic mass is 9.89. The van der Waals surface area contributed by atoms with Crippen LogP contribution in [0.3, 0.4) is 0 Å². The molecule has 0 aliphatic heterocycles. The number of benzene rings is 3. The van der Waals surface area contributed by atoms with Gasteiger partial charge in [0.25, 0.3) is 5.91 Å². The van der Waals surface area contributed by atoms with E-state index in [-0.39, 0.29) is 18.0 Å². The summed E-state index contributed by atoms with van der Waals surface area (Å²) in [6, 6.07) is 25.5. The summed E-state index contributed by atoms with van der Waals surface area (Å²) < 4.78 is 0. The second kappa shape index (κ2) is 8.57. The Kier molecular flexibility index (Phi) is 5.73. The van der Waals surface area contributed by atoms with E-state index in [0.717, 1.165) is 31.2 Å². The van der Waals surface area contributed by atoms with E-state index in [4.69, 9.17) is 0 Å². The largest absolute Gasteiger partial charge is 0.349 e. The van der Waals surface area contributed by atoms with Crippen molar-refractivity contribution in [3.05, 3.63) is 83.9 Å². The molecule has 0 bridgehead atoms. The highest BCUT2D eigenvalue weighted by Gasteiger charge is 2.25. The van der Waals surface area contributed by atoms with E-state index in [1.165, 1.54) is 16.3 Å². The van der Waals surface area contributed by atoms with Crippen LogP contribution >= 0.6 is 0 Å². The molecule has 1 fully saturated rings. The monoisotopic (exact) mass is 372 g/mol. The van der Waals surface area contributed by atoms with Crippen LogP contribution in [0.25, 0.3) is 10.8 Å². The number of carbonyl (C=O) groups is 1. The first-order valence-electron chi connectivity index (χ1n) is 10.3. The van der Waals surface area contributed by atoms with Gasteiger partial charge in [0.1, 0.15) is 0 Å². The fraction of sp³-hybridized carbons (Fsp3) is 0.320. The average Bonchev–Trinajstić information content (AvgIpc) is 2.74. The molecule has 3 atom stereocenters. The smallest absolute Gasteiger partial charge is 0.251 e. The van der Waals surface area contributed by atoms with Crippen molar-refractivity contribution >= 4 is 16.7 Å². The van der Waals surface area contributed by atoms with Crippen LogP contribution in [0.5, 0.6) is 0 Å². The van der Waals surface area contributed by atoms with Crippen LogP contribution in [-0.2, 0) is 0 Å². The Hall–Kier alpha value is -2.65. The Bertz CT molecular complexity index is 932. The molecule has 1 aliphatic carbocycles. The molecule has 3 aromatic carbocycles. The summed E-state index contributed by atoms with van der Waals surface area (Å²) in [5.41, 5.74) is 2.08. The number of amides is 1. The number of hydrogen-bond acceptors (Lipinski definition) is 2. The Labute approximate surface area is 167 Å². The van der Waals surface area contributed by atoms with Crippen molar-refractivity contribution in [3.8, 4) is 0 Å². The standard InChI is InChI=1S/C25H28N2O/c1-18(23-16-7-12-19-9-5-6-15-24(19)23)26-21-13-8-14-22(17-21)27-25(28)20-10-3-2-4-11-20/h2-7,9-12,15-16,18,21-22,26H,8,13-14,17H2,1H3,(H,27,28)/t18-,21?,22?/m1/s1. The zero-order valence-electron chi connectivity index (χ0n) is 16.4. The lowest BCUT2D eigenvalue weighted by Gasteiger charge is -2.32. The fourth-order valence-corrected chi connectivity index (χ4v) is 4.40. The second-order valence-electron chi connectivity index (χ2n) is 7.86. The maximum Gasteiger partial charge on any atom is 0.251 e. The normalized spacial score (nSPS) is 20.6. The molecule has 0 heterocycles. The van der Waals surface area contributed by atoms with Gasteiger partial charge in [-0.3, -0.25) is 4.79 Å². The molecule has 1 saturated carbocycles. The highest BCUT2D eigenvalue weighted by Crippen LogP contribution is 2.27. The summed E-state index contributed by atoms with van der Waals surface area (Å²) in [5, 5.41) is 9.65. The molecular formula is C25H28N2O. The zero-order valence-corrected chi connectivity index (χ0v) is 16.4. The first-order chi connectivity index (χ1) is 13.7. The van der Waals surface area contributed by atoms with Crippen LogP contribution < -0.4 is 10.6 Å². The van der Waals surface area contributed by atoms with Gasteiger partial charge in [-0.05, 0) is 61.1 Å². The van der Waals surface area contributed by atoms with Gasteiger partial charge in [0.2, 0.25) is 0 Å². The summed E-state index contributed by atoms with van der Waals surface area (Å²) in [5.74, 6) is 0.0355. The Morgan fingerprint density at radius 1 is 0.893 bits per heavy atom. The maximum atomic E-state index is 12.5. The number of rotatable bonds is 5. The molecule has 1 aliphatic rings. The Morgan fingerprint density at radius 3 is 2.46 bits per heavy atom. The number of hydrogen-bond donors (Lipinski definition) is 2. The highest BCUT2D eigenvalue weighted by molar-refractivity contribution is 5.94. The van der Waals surface area contributed by atoms with Crippen molar-refractivity contribution in [1.29, 1.82) is 0 Å². The molecule has 3 heteroatoms. The van der Waals surface area contributed by atoms with E-state index >= 15 is 0 Å². The van der Waals surface area contributed by atoms with Crippen LogP contribution in [-0.4, -0.2) is 18.0 Å².